The van der Waals surface area contributed by atoms with E-state index in [1.165, 1.54) is 7.11 Å². The summed E-state index contributed by atoms with van der Waals surface area (Å²) in [7, 11) is 1.43. The van der Waals surface area contributed by atoms with Crippen molar-refractivity contribution >= 4 is 5.97 Å². The molecule has 1 aliphatic rings. The predicted molar refractivity (Wildman–Crippen MR) is 68.4 cm³/mol. The molecule has 2 aromatic heterocycles. The standard InChI is InChI=1S/C14H15N3O2/c1-19-14(18)13-6-12(13)10-2-3-11(16-7-10)8-17-5-4-15-9-17/h2-5,7,9,12-13H,6,8H2,1H3. The molecule has 1 saturated carbocycles. The SMILES string of the molecule is COC(=O)C1CC1c1ccc(Cn2ccnc2)nc1. The Hall–Kier alpha value is -2.17. The lowest BCUT2D eigenvalue weighted by Crippen LogP contribution is -2.04. The van der Waals surface area contributed by atoms with Crippen LogP contribution in [-0.4, -0.2) is 27.6 Å². The monoisotopic (exact) mass is 257 g/mol. The first-order valence-corrected chi connectivity index (χ1v) is 6.26. The van der Waals surface area contributed by atoms with E-state index in [2.05, 4.69) is 9.97 Å². The number of esters is 1. The third kappa shape index (κ3) is 2.50. The lowest BCUT2D eigenvalue weighted by Gasteiger charge is -2.04. The van der Waals surface area contributed by atoms with Crippen LogP contribution in [-0.2, 0) is 16.1 Å². The van der Waals surface area contributed by atoms with Crippen LogP contribution in [0.2, 0.25) is 0 Å². The Morgan fingerprint density at radius 3 is 3.05 bits per heavy atom. The summed E-state index contributed by atoms with van der Waals surface area (Å²) in [6, 6.07) is 4.05. The van der Waals surface area contributed by atoms with E-state index in [-0.39, 0.29) is 17.8 Å². The molecule has 0 aromatic carbocycles. The number of carbonyl (C=O) groups is 1. The first kappa shape index (κ1) is 11.9. The summed E-state index contributed by atoms with van der Waals surface area (Å²) in [5.41, 5.74) is 2.10. The van der Waals surface area contributed by atoms with Gasteiger partial charge in [-0.05, 0) is 24.0 Å². The Morgan fingerprint density at radius 1 is 1.53 bits per heavy atom. The van der Waals surface area contributed by atoms with Crippen LogP contribution in [0.4, 0.5) is 0 Å². The van der Waals surface area contributed by atoms with E-state index < -0.39 is 0 Å². The number of rotatable bonds is 4. The molecule has 2 heterocycles. The minimum atomic E-state index is -0.118. The van der Waals surface area contributed by atoms with Gasteiger partial charge in [0.2, 0.25) is 0 Å². The number of carbonyl (C=O) groups excluding carboxylic acids is 1. The fraction of sp³-hybridized carbons (Fsp3) is 0.357. The number of nitrogens with zero attached hydrogens (tertiary/aromatic N) is 3. The summed E-state index contributed by atoms with van der Waals surface area (Å²) in [5, 5.41) is 0. The van der Waals surface area contributed by atoms with Gasteiger partial charge in [-0.25, -0.2) is 4.98 Å². The second-order valence-corrected chi connectivity index (χ2v) is 4.79. The summed E-state index contributed by atoms with van der Waals surface area (Å²) in [6.45, 7) is 0.714. The number of ether oxygens (including phenoxy) is 1. The normalized spacial score (nSPS) is 21.1. The average molecular weight is 257 g/mol. The molecular weight excluding hydrogens is 242 g/mol. The molecule has 0 amide bonds. The summed E-state index contributed by atoms with van der Waals surface area (Å²) >= 11 is 0. The van der Waals surface area contributed by atoms with Crippen LogP contribution in [0.25, 0.3) is 0 Å². The molecule has 2 aromatic rings. The number of pyridine rings is 1. The third-order valence-corrected chi connectivity index (χ3v) is 3.47. The van der Waals surface area contributed by atoms with Crippen molar-refractivity contribution in [3.63, 3.8) is 0 Å². The van der Waals surface area contributed by atoms with E-state index in [0.29, 0.717) is 6.54 Å². The van der Waals surface area contributed by atoms with Gasteiger partial charge in [-0.2, -0.15) is 0 Å². The van der Waals surface area contributed by atoms with E-state index in [0.717, 1.165) is 17.7 Å². The summed E-state index contributed by atoms with van der Waals surface area (Å²) < 4.78 is 6.72. The molecule has 1 fully saturated rings. The lowest BCUT2D eigenvalue weighted by molar-refractivity contribution is -0.142. The molecule has 98 valence electrons. The van der Waals surface area contributed by atoms with E-state index in [1.54, 1.807) is 12.5 Å². The molecule has 0 N–H and O–H groups in total. The van der Waals surface area contributed by atoms with Crippen molar-refractivity contribution in [1.29, 1.82) is 0 Å². The maximum atomic E-state index is 11.4. The van der Waals surface area contributed by atoms with Gasteiger partial charge in [0.1, 0.15) is 0 Å². The zero-order chi connectivity index (χ0) is 13.2. The van der Waals surface area contributed by atoms with Crippen LogP contribution < -0.4 is 0 Å². The van der Waals surface area contributed by atoms with Gasteiger partial charge in [0.05, 0.1) is 31.6 Å². The van der Waals surface area contributed by atoms with E-state index >= 15 is 0 Å². The topological polar surface area (TPSA) is 57.0 Å². The van der Waals surface area contributed by atoms with Gasteiger partial charge < -0.3 is 9.30 Å². The Balaban J connectivity index is 1.65. The quantitative estimate of drug-likeness (QED) is 0.781. The van der Waals surface area contributed by atoms with Crippen LogP contribution in [0, 0.1) is 5.92 Å². The fourth-order valence-corrected chi connectivity index (χ4v) is 2.29. The van der Waals surface area contributed by atoms with E-state index in [1.807, 2.05) is 29.1 Å². The molecule has 5 nitrogen and oxygen atoms in total. The van der Waals surface area contributed by atoms with Crippen molar-refractivity contribution < 1.29 is 9.53 Å². The van der Waals surface area contributed by atoms with Crippen molar-refractivity contribution in [3.05, 3.63) is 48.3 Å². The van der Waals surface area contributed by atoms with Gasteiger partial charge in [0.25, 0.3) is 0 Å². The molecule has 1 aliphatic carbocycles. The highest BCUT2D eigenvalue weighted by molar-refractivity contribution is 5.77. The van der Waals surface area contributed by atoms with Crippen molar-refractivity contribution in [2.24, 2.45) is 5.92 Å². The zero-order valence-electron chi connectivity index (χ0n) is 10.7. The minimum absolute atomic E-state index is 0.0197. The summed E-state index contributed by atoms with van der Waals surface area (Å²) in [6.07, 6.45) is 8.15. The largest absolute Gasteiger partial charge is 0.469 e. The molecule has 0 spiro atoms. The molecular formula is C14H15N3O2. The fourth-order valence-electron chi connectivity index (χ4n) is 2.29. The Labute approximate surface area is 111 Å². The first-order chi connectivity index (χ1) is 9.28. The van der Waals surface area contributed by atoms with Gasteiger partial charge in [-0.15, -0.1) is 0 Å². The molecule has 2 unspecified atom stereocenters. The smallest absolute Gasteiger partial charge is 0.309 e. The second-order valence-electron chi connectivity index (χ2n) is 4.79. The van der Waals surface area contributed by atoms with Crippen LogP contribution in [0.1, 0.15) is 23.6 Å². The summed E-state index contributed by atoms with van der Waals surface area (Å²) in [5.74, 6) is 0.182. The van der Waals surface area contributed by atoms with Gasteiger partial charge >= 0.3 is 5.97 Å². The van der Waals surface area contributed by atoms with Crippen molar-refractivity contribution in [1.82, 2.24) is 14.5 Å². The highest BCUT2D eigenvalue weighted by atomic mass is 16.5. The number of hydrogen-bond donors (Lipinski definition) is 0. The van der Waals surface area contributed by atoms with Crippen LogP contribution >= 0.6 is 0 Å². The molecule has 0 bridgehead atoms. The number of hydrogen-bond acceptors (Lipinski definition) is 4. The van der Waals surface area contributed by atoms with Gasteiger partial charge in [0.15, 0.2) is 0 Å². The molecule has 2 atom stereocenters. The number of aromatic nitrogens is 3. The van der Waals surface area contributed by atoms with Crippen molar-refractivity contribution in [2.45, 2.75) is 18.9 Å². The lowest BCUT2D eigenvalue weighted by atomic mass is 10.1. The minimum Gasteiger partial charge on any atom is -0.469 e. The van der Waals surface area contributed by atoms with Crippen molar-refractivity contribution in [3.8, 4) is 0 Å². The van der Waals surface area contributed by atoms with Crippen LogP contribution in [0.15, 0.2) is 37.1 Å². The third-order valence-electron chi connectivity index (χ3n) is 3.47. The Bertz CT molecular complexity index is 563. The first-order valence-electron chi connectivity index (χ1n) is 6.26. The summed E-state index contributed by atoms with van der Waals surface area (Å²) in [4.78, 5) is 19.8. The van der Waals surface area contributed by atoms with Crippen LogP contribution in [0.5, 0.6) is 0 Å². The number of imidazole rings is 1. The average Bonchev–Trinajstić information content (AvgIpc) is 3.08. The Morgan fingerprint density at radius 2 is 2.42 bits per heavy atom. The molecule has 0 radical (unpaired) electrons. The van der Waals surface area contributed by atoms with Gasteiger partial charge in [0, 0.05) is 18.6 Å². The zero-order valence-corrected chi connectivity index (χ0v) is 10.7. The Kier molecular flexibility index (Phi) is 3.03. The second kappa shape index (κ2) is 4.84. The van der Waals surface area contributed by atoms with Gasteiger partial charge in [-0.1, -0.05) is 6.07 Å². The molecule has 0 saturated heterocycles. The van der Waals surface area contributed by atoms with Crippen molar-refractivity contribution in [2.75, 3.05) is 7.11 Å². The molecule has 5 heteroatoms. The highest BCUT2D eigenvalue weighted by Crippen LogP contribution is 2.47. The molecule has 3 rings (SSSR count). The highest BCUT2D eigenvalue weighted by Gasteiger charge is 2.45. The van der Waals surface area contributed by atoms with Crippen LogP contribution in [0.3, 0.4) is 0 Å². The number of methoxy groups -OCH3 is 1. The van der Waals surface area contributed by atoms with Gasteiger partial charge in [-0.3, -0.25) is 9.78 Å². The maximum absolute atomic E-state index is 11.4. The molecule has 19 heavy (non-hydrogen) atoms. The molecule has 0 aliphatic heterocycles. The maximum Gasteiger partial charge on any atom is 0.309 e. The van der Waals surface area contributed by atoms with E-state index in [9.17, 15) is 4.79 Å². The van der Waals surface area contributed by atoms with E-state index in [4.69, 9.17) is 4.74 Å². The predicted octanol–water partition coefficient (Wildman–Crippen LogP) is 1.60.